The van der Waals surface area contributed by atoms with E-state index in [2.05, 4.69) is 0 Å². The Hall–Kier alpha value is -1.61. The Bertz CT molecular complexity index is 737. The average molecular weight is 380 g/mol. The van der Waals surface area contributed by atoms with Crippen LogP contribution in [-0.4, -0.2) is 38.5 Å². The van der Waals surface area contributed by atoms with Crippen LogP contribution < -0.4 is 0 Å². The highest BCUT2D eigenvalue weighted by Crippen LogP contribution is 2.37. The second-order valence-corrected chi connectivity index (χ2v) is 8.12. The summed E-state index contributed by atoms with van der Waals surface area (Å²) < 4.78 is 68.4. The molecule has 0 saturated carbocycles. The van der Waals surface area contributed by atoms with E-state index in [1.54, 1.807) is 0 Å². The molecule has 1 aliphatic heterocycles. The number of alkyl halides is 3. The number of halogens is 3. The van der Waals surface area contributed by atoms with Crippen LogP contribution in [0.4, 0.5) is 13.2 Å². The summed E-state index contributed by atoms with van der Waals surface area (Å²) in [6.45, 7) is 0.498. The summed E-state index contributed by atoms with van der Waals surface area (Å²) in [5.74, 6) is -2.47. The van der Waals surface area contributed by atoms with Crippen LogP contribution in [0.15, 0.2) is 23.1 Å². The molecule has 0 aromatic heterocycles. The number of carboxylic acid groups (broad SMARTS) is 1. The van der Waals surface area contributed by atoms with Gasteiger partial charge in [0.1, 0.15) is 0 Å². The second-order valence-electron chi connectivity index (χ2n) is 6.14. The topological polar surface area (TPSA) is 80.7 Å². The van der Waals surface area contributed by atoms with Crippen molar-refractivity contribution in [3.05, 3.63) is 29.3 Å². The summed E-state index contributed by atoms with van der Waals surface area (Å²) in [7, 11) is -4.10. The minimum Gasteiger partial charge on any atom is -0.481 e. The summed E-state index contributed by atoms with van der Waals surface area (Å²) >= 11 is 0. The molecule has 25 heavy (non-hydrogen) atoms. The van der Waals surface area contributed by atoms with Crippen molar-refractivity contribution in [1.29, 1.82) is 0 Å². The third kappa shape index (κ3) is 4.94. The van der Waals surface area contributed by atoms with Gasteiger partial charge < -0.3 is 9.84 Å². The van der Waals surface area contributed by atoms with Gasteiger partial charge in [-0.25, -0.2) is 8.42 Å². The molecule has 1 heterocycles. The van der Waals surface area contributed by atoms with E-state index >= 15 is 0 Å². The lowest BCUT2D eigenvalue weighted by Gasteiger charge is -2.26. The van der Waals surface area contributed by atoms with Crippen molar-refractivity contribution in [3.8, 4) is 0 Å². The Labute approximate surface area is 143 Å². The van der Waals surface area contributed by atoms with E-state index in [4.69, 9.17) is 4.74 Å². The number of carbonyl (C=O) groups is 1. The van der Waals surface area contributed by atoms with E-state index in [-0.39, 0.29) is 18.1 Å². The first-order valence-corrected chi connectivity index (χ1v) is 9.65. The summed E-state index contributed by atoms with van der Waals surface area (Å²) in [6.07, 6.45) is -2.12. The van der Waals surface area contributed by atoms with E-state index in [0.717, 1.165) is 25.0 Å². The molecule has 1 saturated heterocycles. The van der Waals surface area contributed by atoms with E-state index in [1.165, 1.54) is 0 Å². The second kappa shape index (κ2) is 7.33. The molecular weight excluding hydrogens is 361 g/mol. The summed E-state index contributed by atoms with van der Waals surface area (Å²) in [4.78, 5) is 10.7. The van der Waals surface area contributed by atoms with Crippen LogP contribution in [0.3, 0.4) is 0 Å². The fourth-order valence-electron chi connectivity index (χ4n) is 2.94. The molecule has 2 rings (SSSR count). The summed E-state index contributed by atoms with van der Waals surface area (Å²) in [5, 5.41) is 9.43. The highest BCUT2D eigenvalue weighted by Gasteiger charge is 2.37. The van der Waals surface area contributed by atoms with Crippen LogP contribution in [0.2, 0.25) is 0 Å². The Morgan fingerprint density at radius 2 is 2.04 bits per heavy atom. The van der Waals surface area contributed by atoms with Crippen LogP contribution in [0.5, 0.6) is 0 Å². The molecule has 5 nitrogen and oxygen atoms in total. The van der Waals surface area contributed by atoms with Gasteiger partial charge in [-0.2, -0.15) is 13.2 Å². The molecule has 0 spiro atoms. The Balaban J connectivity index is 2.43. The van der Waals surface area contributed by atoms with Crippen molar-refractivity contribution in [2.45, 2.75) is 48.8 Å². The van der Waals surface area contributed by atoms with Crippen molar-refractivity contribution in [3.63, 3.8) is 0 Å². The van der Waals surface area contributed by atoms with Crippen LogP contribution >= 0.6 is 0 Å². The molecule has 9 heteroatoms. The summed E-state index contributed by atoms with van der Waals surface area (Å²) in [6, 6.07) is 2.58. The van der Waals surface area contributed by atoms with Crippen LogP contribution in [0, 0.1) is 0 Å². The zero-order valence-electron chi connectivity index (χ0n) is 13.5. The Morgan fingerprint density at radius 3 is 2.52 bits per heavy atom. The molecular formula is C16H19F3O5S. The number of aliphatic carboxylic acids is 1. The van der Waals surface area contributed by atoms with Gasteiger partial charge >= 0.3 is 12.1 Å². The highest BCUT2D eigenvalue weighted by atomic mass is 32.2. The van der Waals surface area contributed by atoms with Gasteiger partial charge in [0.05, 0.1) is 22.5 Å². The molecule has 0 amide bonds. The average Bonchev–Trinajstić information content (AvgIpc) is 2.51. The molecule has 2 atom stereocenters. The first-order chi connectivity index (χ1) is 11.5. The van der Waals surface area contributed by atoms with Crippen LogP contribution in [0.25, 0.3) is 0 Å². The SMILES string of the molecule is CS(=O)(=O)c1ccc(C(CC2CCCCO2)C(=O)O)cc1C(F)(F)F. The Kier molecular flexibility index (Phi) is 5.78. The summed E-state index contributed by atoms with van der Waals surface area (Å²) in [5.41, 5.74) is -1.43. The van der Waals surface area contributed by atoms with Crippen LogP contribution in [0.1, 0.15) is 42.7 Å². The van der Waals surface area contributed by atoms with Gasteiger partial charge in [0, 0.05) is 12.9 Å². The van der Waals surface area contributed by atoms with E-state index in [9.17, 15) is 31.5 Å². The number of hydrogen-bond acceptors (Lipinski definition) is 4. The standard InChI is InChI=1S/C16H19F3O5S/c1-25(22,23)14-6-5-10(8-13(14)16(17,18)19)12(15(20)21)9-11-4-2-3-7-24-11/h5-6,8,11-12H,2-4,7,9H2,1H3,(H,20,21). The molecule has 1 aromatic carbocycles. The zero-order chi connectivity index (χ0) is 18.8. The molecule has 0 radical (unpaired) electrons. The minimum atomic E-state index is -4.90. The van der Waals surface area contributed by atoms with E-state index < -0.39 is 38.4 Å². The number of sulfone groups is 1. The van der Waals surface area contributed by atoms with Gasteiger partial charge in [-0.3, -0.25) is 4.79 Å². The van der Waals surface area contributed by atoms with Crippen LogP contribution in [-0.2, 0) is 25.5 Å². The van der Waals surface area contributed by atoms with Gasteiger partial charge in [0.15, 0.2) is 9.84 Å². The third-order valence-electron chi connectivity index (χ3n) is 4.18. The van der Waals surface area contributed by atoms with Gasteiger partial charge in [-0.05, 0) is 43.4 Å². The lowest BCUT2D eigenvalue weighted by Crippen LogP contribution is -2.25. The number of rotatable bonds is 5. The van der Waals surface area contributed by atoms with Crippen molar-refractivity contribution in [2.24, 2.45) is 0 Å². The largest absolute Gasteiger partial charge is 0.481 e. The fourth-order valence-corrected chi connectivity index (χ4v) is 3.83. The third-order valence-corrected chi connectivity index (χ3v) is 5.34. The predicted octanol–water partition coefficient (Wildman–Crippen LogP) is 3.24. The molecule has 0 bridgehead atoms. The zero-order valence-corrected chi connectivity index (χ0v) is 14.4. The van der Waals surface area contributed by atoms with Gasteiger partial charge in [-0.15, -0.1) is 0 Å². The molecule has 1 aliphatic rings. The fraction of sp³-hybridized carbons (Fsp3) is 0.562. The van der Waals surface area contributed by atoms with Crippen molar-refractivity contribution in [1.82, 2.24) is 0 Å². The van der Waals surface area contributed by atoms with E-state index in [0.29, 0.717) is 25.3 Å². The van der Waals surface area contributed by atoms with E-state index in [1.807, 2.05) is 0 Å². The molecule has 1 aromatic rings. The maximum absolute atomic E-state index is 13.2. The first-order valence-electron chi connectivity index (χ1n) is 7.75. The molecule has 140 valence electrons. The number of hydrogen-bond donors (Lipinski definition) is 1. The van der Waals surface area contributed by atoms with Crippen molar-refractivity contribution >= 4 is 15.8 Å². The first kappa shape index (κ1) is 19.7. The van der Waals surface area contributed by atoms with Gasteiger partial charge in [0.25, 0.3) is 0 Å². The highest BCUT2D eigenvalue weighted by molar-refractivity contribution is 7.90. The number of benzene rings is 1. The predicted molar refractivity (Wildman–Crippen MR) is 83.1 cm³/mol. The smallest absolute Gasteiger partial charge is 0.417 e. The number of carboxylic acids is 1. The normalized spacial score (nSPS) is 20.2. The maximum atomic E-state index is 13.2. The molecule has 0 aliphatic carbocycles. The molecule has 1 fully saturated rings. The minimum absolute atomic E-state index is 0.0465. The monoisotopic (exact) mass is 380 g/mol. The van der Waals surface area contributed by atoms with Crippen molar-refractivity contribution < 1.29 is 36.2 Å². The lowest BCUT2D eigenvalue weighted by atomic mass is 9.90. The maximum Gasteiger partial charge on any atom is 0.417 e. The van der Waals surface area contributed by atoms with Crippen molar-refractivity contribution in [2.75, 3.05) is 12.9 Å². The quantitative estimate of drug-likeness (QED) is 0.848. The Morgan fingerprint density at radius 1 is 1.36 bits per heavy atom. The van der Waals surface area contributed by atoms with Gasteiger partial charge in [0.2, 0.25) is 0 Å². The molecule has 1 N–H and O–H groups in total. The molecule has 2 unspecified atom stereocenters. The van der Waals surface area contributed by atoms with Gasteiger partial charge in [-0.1, -0.05) is 6.07 Å². The lowest BCUT2D eigenvalue weighted by molar-refractivity contribution is -0.142. The number of ether oxygens (including phenoxy) is 1.